The monoisotopic (exact) mass is 331 g/mol. The van der Waals surface area contributed by atoms with Crippen molar-refractivity contribution >= 4 is 27.8 Å². The van der Waals surface area contributed by atoms with Crippen molar-refractivity contribution in [3.05, 3.63) is 35.8 Å². The molecule has 0 saturated carbocycles. The molecule has 1 unspecified atom stereocenters. The number of carbonyl (C=O) groups excluding carboxylic acids is 1. The summed E-state index contributed by atoms with van der Waals surface area (Å²) in [4.78, 5) is 26.7. The van der Waals surface area contributed by atoms with Crippen LogP contribution in [0.25, 0.3) is 21.9 Å². The topological polar surface area (TPSA) is 85.7 Å². The molecule has 25 heavy (non-hydrogen) atoms. The fourth-order valence-electron chi connectivity index (χ4n) is 4.66. The summed E-state index contributed by atoms with van der Waals surface area (Å²) >= 11 is 0. The van der Waals surface area contributed by atoms with Crippen molar-refractivity contribution in [3.8, 4) is 6.07 Å². The molecule has 0 bridgehead atoms. The third-order valence-corrected chi connectivity index (χ3v) is 5.67. The van der Waals surface area contributed by atoms with Gasteiger partial charge in [0.2, 0.25) is 5.91 Å². The number of carbonyl (C=O) groups is 1. The first-order chi connectivity index (χ1) is 12.3. The Morgan fingerprint density at radius 2 is 2.24 bits per heavy atom. The van der Waals surface area contributed by atoms with Gasteiger partial charge in [-0.1, -0.05) is 0 Å². The minimum absolute atomic E-state index is 0.0512. The van der Waals surface area contributed by atoms with Gasteiger partial charge in [-0.05, 0) is 36.5 Å². The van der Waals surface area contributed by atoms with E-state index in [0.717, 1.165) is 47.9 Å². The predicted octanol–water partition coefficient (Wildman–Crippen LogP) is 2.66. The third kappa shape index (κ3) is 1.99. The predicted molar refractivity (Wildman–Crippen MR) is 92.8 cm³/mol. The van der Waals surface area contributed by atoms with Crippen LogP contribution in [-0.2, 0) is 11.2 Å². The van der Waals surface area contributed by atoms with Crippen molar-refractivity contribution in [3.63, 3.8) is 0 Å². The van der Waals surface area contributed by atoms with Gasteiger partial charge in [0.15, 0.2) is 5.65 Å². The van der Waals surface area contributed by atoms with Crippen LogP contribution in [0.4, 0.5) is 0 Å². The van der Waals surface area contributed by atoms with E-state index in [1.807, 2.05) is 29.6 Å². The minimum Gasteiger partial charge on any atom is -0.360 e. The van der Waals surface area contributed by atoms with Gasteiger partial charge >= 0.3 is 0 Å². The lowest BCUT2D eigenvalue weighted by molar-refractivity contribution is -0.134. The van der Waals surface area contributed by atoms with Crippen LogP contribution in [-0.4, -0.2) is 38.3 Å². The zero-order chi connectivity index (χ0) is 17.0. The van der Waals surface area contributed by atoms with E-state index in [1.165, 1.54) is 10.9 Å². The molecule has 1 fully saturated rings. The largest absolute Gasteiger partial charge is 0.360 e. The Kier molecular flexibility index (Phi) is 3.04. The van der Waals surface area contributed by atoms with Crippen molar-refractivity contribution < 1.29 is 4.79 Å². The molecule has 0 aromatic carbocycles. The Labute approximate surface area is 144 Å². The molecule has 0 spiro atoms. The Hall–Kier alpha value is -2.94. The number of rotatable bonds is 1. The summed E-state index contributed by atoms with van der Waals surface area (Å²) in [6, 6.07) is 4.23. The van der Waals surface area contributed by atoms with Crippen LogP contribution in [0.1, 0.15) is 36.3 Å². The van der Waals surface area contributed by atoms with Crippen molar-refractivity contribution in [2.24, 2.45) is 0 Å². The molecule has 0 radical (unpaired) electrons. The Morgan fingerprint density at radius 3 is 3.12 bits per heavy atom. The van der Waals surface area contributed by atoms with Crippen molar-refractivity contribution in [2.45, 2.75) is 37.6 Å². The van der Waals surface area contributed by atoms with Gasteiger partial charge in [0.1, 0.15) is 6.42 Å². The SMILES string of the molecule is N#CCC(=O)N1CCCC2c3cc[nH]c4cnc5ncc(c5c34)C[C@H]21. The van der Waals surface area contributed by atoms with Gasteiger partial charge in [-0.2, -0.15) is 5.26 Å². The average molecular weight is 331 g/mol. The van der Waals surface area contributed by atoms with Crippen LogP contribution in [0.3, 0.4) is 0 Å². The first-order valence-corrected chi connectivity index (χ1v) is 8.68. The molecule has 4 heterocycles. The summed E-state index contributed by atoms with van der Waals surface area (Å²) in [5.41, 5.74) is 4.21. The van der Waals surface area contributed by atoms with Gasteiger partial charge in [-0.25, -0.2) is 9.97 Å². The minimum atomic E-state index is -0.0595. The van der Waals surface area contributed by atoms with E-state index in [9.17, 15) is 4.79 Å². The van der Waals surface area contributed by atoms with Crippen LogP contribution < -0.4 is 0 Å². The number of nitriles is 1. The Morgan fingerprint density at radius 1 is 1.36 bits per heavy atom. The molecular weight excluding hydrogens is 314 g/mol. The summed E-state index contributed by atoms with van der Waals surface area (Å²) in [5.74, 6) is 0.224. The summed E-state index contributed by atoms with van der Waals surface area (Å²) in [6.07, 6.45) is 8.45. The van der Waals surface area contributed by atoms with Crippen LogP contribution in [0, 0.1) is 11.3 Å². The second kappa shape index (κ2) is 5.28. The summed E-state index contributed by atoms with van der Waals surface area (Å²) in [6.45, 7) is 0.732. The summed E-state index contributed by atoms with van der Waals surface area (Å²) in [5, 5.41) is 11.3. The third-order valence-electron chi connectivity index (χ3n) is 5.67. The molecular formula is C19H17N5O. The number of hydrogen-bond donors (Lipinski definition) is 1. The van der Waals surface area contributed by atoms with Crippen molar-refractivity contribution in [1.82, 2.24) is 19.9 Å². The first-order valence-electron chi connectivity index (χ1n) is 8.68. The van der Waals surface area contributed by atoms with Gasteiger partial charge in [0.05, 0.1) is 17.8 Å². The second-order valence-corrected chi connectivity index (χ2v) is 6.90. The molecule has 6 heteroatoms. The molecule has 6 nitrogen and oxygen atoms in total. The molecule has 3 aromatic heterocycles. The van der Waals surface area contributed by atoms with Gasteiger partial charge in [0.25, 0.3) is 0 Å². The zero-order valence-corrected chi connectivity index (χ0v) is 13.7. The van der Waals surface area contributed by atoms with Gasteiger partial charge < -0.3 is 9.88 Å². The molecule has 2 atom stereocenters. The number of hydrogen-bond acceptors (Lipinski definition) is 4. The molecule has 1 saturated heterocycles. The summed E-state index contributed by atoms with van der Waals surface area (Å²) < 4.78 is 0. The molecule has 1 aliphatic heterocycles. The highest BCUT2D eigenvalue weighted by molar-refractivity contribution is 6.07. The molecule has 1 aliphatic carbocycles. The van der Waals surface area contributed by atoms with Crippen LogP contribution >= 0.6 is 0 Å². The fourth-order valence-corrected chi connectivity index (χ4v) is 4.66. The maximum absolute atomic E-state index is 12.5. The number of piperidine rings is 1. The lowest BCUT2D eigenvalue weighted by Gasteiger charge is -2.41. The number of nitrogens with one attached hydrogen (secondary N) is 1. The number of likely N-dealkylation sites (tertiary alicyclic amines) is 1. The van der Waals surface area contributed by atoms with Crippen LogP contribution in [0.2, 0.25) is 0 Å². The maximum Gasteiger partial charge on any atom is 0.237 e. The Bertz CT molecular complexity index is 1050. The smallest absolute Gasteiger partial charge is 0.237 e. The van der Waals surface area contributed by atoms with E-state index in [2.05, 4.69) is 21.0 Å². The maximum atomic E-state index is 12.5. The summed E-state index contributed by atoms with van der Waals surface area (Å²) in [7, 11) is 0. The highest BCUT2D eigenvalue weighted by Crippen LogP contribution is 2.43. The number of aromatic amines is 1. The fraction of sp³-hybridized carbons (Fsp3) is 0.368. The molecule has 1 N–H and O–H groups in total. The van der Waals surface area contributed by atoms with E-state index >= 15 is 0 Å². The normalized spacial score (nSPS) is 22.0. The van der Waals surface area contributed by atoms with Gasteiger partial charge in [0, 0.05) is 41.7 Å². The van der Waals surface area contributed by atoms with Gasteiger partial charge in [-0.3, -0.25) is 4.79 Å². The average Bonchev–Trinajstić information content (AvgIpc) is 2.98. The highest BCUT2D eigenvalue weighted by atomic mass is 16.2. The molecule has 124 valence electrons. The number of pyridine rings is 2. The number of H-pyrrole nitrogens is 1. The number of nitrogens with zero attached hydrogens (tertiary/aromatic N) is 4. The molecule has 5 rings (SSSR count). The van der Waals surface area contributed by atoms with Crippen LogP contribution in [0.15, 0.2) is 24.7 Å². The van der Waals surface area contributed by atoms with Crippen molar-refractivity contribution in [1.29, 1.82) is 5.26 Å². The number of amides is 1. The van der Waals surface area contributed by atoms with E-state index in [0.29, 0.717) is 0 Å². The number of aromatic nitrogens is 3. The highest BCUT2D eigenvalue weighted by Gasteiger charge is 2.38. The number of fused-ring (bicyclic) bond motifs is 2. The molecule has 2 aliphatic rings. The van der Waals surface area contributed by atoms with E-state index < -0.39 is 0 Å². The van der Waals surface area contributed by atoms with Crippen LogP contribution in [0.5, 0.6) is 0 Å². The lowest BCUT2D eigenvalue weighted by atomic mass is 9.81. The van der Waals surface area contributed by atoms with E-state index in [1.54, 1.807) is 0 Å². The van der Waals surface area contributed by atoms with Gasteiger partial charge in [-0.15, -0.1) is 0 Å². The quantitative estimate of drug-likeness (QED) is 0.743. The molecule has 1 amide bonds. The van der Waals surface area contributed by atoms with Crippen molar-refractivity contribution in [2.75, 3.05) is 6.54 Å². The Balaban J connectivity index is 1.75. The standard InChI is InChI=1S/C19H17N5O/c20-5-3-16(25)24-7-1-2-12-13-4-6-21-14-10-23-19-17(18(13)14)11(9-22-19)8-15(12)24/h4,6,9-10,12,15,21H,1-3,7-8H2/t12?,15-/m1/s1. The molecule has 3 aromatic rings. The van der Waals surface area contributed by atoms with E-state index in [4.69, 9.17) is 5.26 Å². The first kappa shape index (κ1) is 14.4. The van der Waals surface area contributed by atoms with E-state index in [-0.39, 0.29) is 24.3 Å². The zero-order valence-electron chi connectivity index (χ0n) is 13.7. The second-order valence-electron chi connectivity index (χ2n) is 6.90. The lowest BCUT2D eigenvalue weighted by Crippen LogP contribution is -2.48.